The van der Waals surface area contributed by atoms with Crippen molar-refractivity contribution in [2.75, 3.05) is 14.2 Å². The Kier molecular flexibility index (Phi) is 5.25. The molecule has 2 aromatic carbocycles. The first-order chi connectivity index (χ1) is 13.0. The first-order valence-electron chi connectivity index (χ1n) is 8.03. The van der Waals surface area contributed by atoms with Crippen molar-refractivity contribution in [2.24, 2.45) is 0 Å². The predicted molar refractivity (Wildman–Crippen MR) is 94.8 cm³/mol. The Morgan fingerprint density at radius 1 is 1.11 bits per heavy atom. The van der Waals surface area contributed by atoms with Crippen LogP contribution in [0.3, 0.4) is 0 Å². The number of hydrogen-bond acceptors (Lipinski definition) is 8. The SMILES string of the molecule is COc1ccc(-c2noc(COC(=O)c3ccc(C)cc3O)n2)cc1OC. The Labute approximate surface area is 155 Å². The van der Waals surface area contributed by atoms with Crippen molar-refractivity contribution in [1.29, 1.82) is 0 Å². The van der Waals surface area contributed by atoms with Crippen LogP contribution in [-0.2, 0) is 11.3 Å². The van der Waals surface area contributed by atoms with E-state index in [0.717, 1.165) is 5.56 Å². The summed E-state index contributed by atoms with van der Waals surface area (Å²) >= 11 is 0. The number of aryl methyl sites for hydroxylation is 1. The second-order valence-corrected chi connectivity index (χ2v) is 5.68. The molecule has 0 atom stereocenters. The highest BCUT2D eigenvalue weighted by molar-refractivity contribution is 5.92. The minimum atomic E-state index is -0.682. The van der Waals surface area contributed by atoms with Crippen LogP contribution in [-0.4, -0.2) is 35.4 Å². The molecule has 1 aromatic heterocycles. The number of esters is 1. The van der Waals surface area contributed by atoms with Crippen LogP contribution >= 0.6 is 0 Å². The monoisotopic (exact) mass is 370 g/mol. The third-order valence-corrected chi connectivity index (χ3v) is 3.81. The number of aromatic nitrogens is 2. The summed E-state index contributed by atoms with van der Waals surface area (Å²) in [5.74, 6) is 0.731. The van der Waals surface area contributed by atoms with E-state index in [0.29, 0.717) is 22.9 Å². The van der Waals surface area contributed by atoms with Crippen LogP contribution in [0.25, 0.3) is 11.4 Å². The van der Waals surface area contributed by atoms with Crippen LogP contribution in [0.4, 0.5) is 0 Å². The van der Waals surface area contributed by atoms with Gasteiger partial charge in [-0.1, -0.05) is 11.2 Å². The number of nitrogens with zero attached hydrogens (tertiary/aromatic N) is 2. The topological polar surface area (TPSA) is 104 Å². The number of phenolic OH excluding ortho intramolecular Hbond substituents is 1. The molecule has 0 spiro atoms. The van der Waals surface area contributed by atoms with Crippen molar-refractivity contribution >= 4 is 5.97 Å². The molecule has 0 aliphatic heterocycles. The van der Waals surface area contributed by atoms with Crippen LogP contribution in [0.1, 0.15) is 21.8 Å². The van der Waals surface area contributed by atoms with E-state index >= 15 is 0 Å². The summed E-state index contributed by atoms with van der Waals surface area (Å²) in [7, 11) is 3.08. The van der Waals surface area contributed by atoms with Gasteiger partial charge >= 0.3 is 5.97 Å². The summed E-state index contributed by atoms with van der Waals surface area (Å²) in [6, 6.07) is 9.88. The molecule has 0 saturated carbocycles. The fraction of sp³-hybridized carbons (Fsp3) is 0.211. The number of phenols is 1. The molecule has 8 nitrogen and oxygen atoms in total. The van der Waals surface area contributed by atoms with Gasteiger partial charge in [0.05, 0.1) is 14.2 Å². The molecule has 0 unspecified atom stereocenters. The van der Waals surface area contributed by atoms with Gasteiger partial charge in [0.1, 0.15) is 11.3 Å². The van der Waals surface area contributed by atoms with E-state index in [-0.39, 0.29) is 23.8 Å². The van der Waals surface area contributed by atoms with Gasteiger partial charge in [-0.25, -0.2) is 4.79 Å². The Bertz CT molecular complexity index is 967. The Morgan fingerprint density at radius 3 is 2.59 bits per heavy atom. The molecule has 140 valence electrons. The third kappa shape index (κ3) is 4.00. The minimum Gasteiger partial charge on any atom is -0.507 e. The van der Waals surface area contributed by atoms with E-state index in [9.17, 15) is 9.90 Å². The quantitative estimate of drug-likeness (QED) is 0.660. The number of rotatable bonds is 6. The normalized spacial score (nSPS) is 10.5. The molecule has 0 saturated heterocycles. The third-order valence-electron chi connectivity index (χ3n) is 3.81. The fourth-order valence-electron chi connectivity index (χ4n) is 2.43. The second kappa shape index (κ2) is 7.77. The van der Waals surface area contributed by atoms with Gasteiger partial charge in [0, 0.05) is 5.56 Å². The molecule has 3 aromatic rings. The van der Waals surface area contributed by atoms with Crippen molar-refractivity contribution in [1.82, 2.24) is 10.1 Å². The maximum Gasteiger partial charge on any atom is 0.342 e. The van der Waals surface area contributed by atoms with Gasteiger partial charge in [-0.05, 0) is 42.8 Å². The van der Waals surface area contributed by atoms with Crippen LogP contribution in [0.15, 0.2) is 40.9 Å². The van der Waals surface area contributed by atoms with Crippen LogP contribution in [0.5, 0.6) is 17.2 Å². The number of methoxy groups -OCH3 is 2. The van der Waals surface area contributed by atoms with E-state index in [1.807, 2.05) is 6.92 Å². The van der Waals surface area contributed by atoms with E-state index in [4.69, 9.17) is 18.7 Å². The summed E-state index contributed by atoms with van der Waals surface area (Å²) in [4.78, 5) is 16.3. The fourth-order valence-corrected chi connectivity index (χ4v) is 2.43. The first-order valence-corrected chi connectivity index (χ1v) is 8.03. The molecule has 27 heavy (non-hydrogen) atoms. The molecule has 0 radical (unpaired) electrons. The number of carbonyl (C=O) groups excluding carboxylic acids is 1. The molecule has 0 fully saturated rings. The van der Waals surface area contributed by atoms with Crippen molar-refractivity contribution in [3.8, 4) is 28.6 Å². The maximum absolute atomic E-state index is 12.1. The highest BCUT2D eigenvalue weighted by atomic mass is 16.6. The second-order valence-electron chi connectivity index (χ2n) is 5.68. The maximum atomic E-state index is 12.1. The molecule has 3 rings (SSSR count). The lowest BCUT2D eigenvalue weighted by molar-refractivity contribution is 0.0426. The van der Waals surface area contributed by atoms with Gasteiger partial charge in [0.2, 0.25) is 5.82 Å². The Morgan fingerprint density at radius 2 is 1.89 bits per heavy atom. The molecular formula is C19H18N2O6. The molecular weight excluding hydrogens is 352 g/mol. The molecule has 0 aliphatic rings. The lowest BCUT2D eigenvalue weighted by atomic mass is 10.1. The number of benzene rings is 2. The van der Waals surface area contributed by atoms with E-state index in [1.54, 1.807) is 31.4 Å². The van der Waals surface area contributed by atoms with Crippen molar-refractivity contribution in [2.45, 2.75) is 13.5 Å². The standard InChI is InChI=1S/C19H18N2O6/c1-11-4-6-13(14(22)8-11)19(23)26-10-17-20-18(21-27-17)12-5-7-15(24-2)16(9-12)25-3/h4-9,22H,10H2,1-3H3. The van der Waals surface area contributed by atoms with Gasteiger partial charge in [-0.15, -0.1) is 0 Å². The summed E-state index contributed by atoms with van der Waals surface area (Å²) < 4.78 is 20.7. The lowest BCUT2D eigenvalue weighted by Gasteiger charge is -2.07. The van der Waals surface area contributed by atoms with Gasteiger partial charge in [-0.3, -0.25) is 0 Å². The van der Waals surface area contributed by atoms with Crippen molar-refractivity contribution in [3.63, 3.8) is 0 Å². The molecule has 0 bridgehead atoms. The smallest absolute Gasteiger partial charge is 0.342 e. The van der Waals surface area contributed by atoms with Gasteiger partial charge in [-0.2, -0.15) is 4.98 Å². The van der Waals surface area contributed by atoms with Crippen molar-refractivity contribution in [3.05, 3.63) is 53.4 Å². The van der Waals surface area contributed by atoms with E-state index in [1.165, 1.54) is 19.2 Å². The van der Waals surface area contributed by atoms with E-state index < -0.39 is 5.97 Å². The number of carbonyl (C=O) groups is 1. The Hall–Kier alpha value is -3.55. The average Bonchev–Trinajstić information content (AvgIpc) is 3.14. The molecule has 1 heterocycles. The lowest BCUT2D eigenvalue weighted by Crippen LogP contribution is -2.06. The largest absolute Gasteiger partial charge is 0.507 e. The Balaban J connectivity index is 1.70. The first kappa shape index (κ1) is 18.2. The summed E-state index contributed by atoms with van der Waals surface area (Å²) in [6.45, 7) is 1.59. The highest BCUT2D eigenvalue weighted by Crippen LogP contribution is 2.31. The molecule has 0 aliphatic carbocycles. The number of aromatic hydroxyl groups is 1. The molecule has 0 amide bonds. The number of hydrogen-bond donors (Lipinski definition) is 1. The van der Waals surface area contributed by atoms with Gasteiger partial charge in [0.25, 0.3) is 5.89 Å². The predicted octanol–water partition coefficient (Wildman–Crippen LogP) is 3.12. The van der Waals surface area contributed by atoms with Gasteiger partial charge < -0.3 is 23.8 Å². The van der Waals surface area contributed by atoms with Crippen LogP contribution in [0, 0.1) is 6.92 Å². The average molecular weight is 370 g/mol. The summed E-state index contributed by atoms with van der Waals surface area (Å²) in [5.41, 5.74) is 1.56. The number of ether oxygens (including phenoxy) is 3. The zero-order valence-electron chi connectivity index (χ0n) is 15.1. The van der Waals surface area contributed by atoms with E-state index in [2.05, 4.69) is 10.1 Å². The summed E-state index contributed by atoms with van der Waals surface area (Å²) in [6.07, 6.45) is 0. The van der Waals surface area contributed by atoms with Gasteiger partial charge in [0.15, 0.2) is 18.1 Å². The summed E-state index contributed by atoms with van der Waals surface area (Å²) in [5, 5.41) is 13.7. The highest BCUT2D eigenvalue weighted by Gasteiger charge is 2.16. The minimum absolute atomic E-state index is 0.0697. The van der Waals surface area contributed by atoms with Crippen LogP contribution < -0.4 is 9.47 Å². The zero-order valence-corrected chi connectivity index (χ0v) is 15.1. The van der Waals surface area contributed by atoms with Crippen LogP contribution in [0.2, 0.25) is 0 Å². The molecule has 1 N–H and O–H groups in total. The molecule has 8 heteroatoms. The van der Waals surface area contributed by atoms with Crippen molar-refractivity contribution < 1.29 is 28.6 Å². The zero-order chi connectivity index (χ0) is 19.4.